The van der Waals surface area contributed by atoms with Gasteiger partial charge >= 0.3 is 0 Å². The van der Waals surface area contributed by atoms with Crippen LogP contribution in [0.4, 0.5) is 0 Å². The van der Waals surface area contributed by atoms with Crippen LogP contribution in [0.25, 0.3) is 0 Å². The molecule has 0 aliphatic rings. The molecular weight excluding hydrogens is 136 g/mol. The SMILES string of the molecule is C#C[Si](C)(CC)CCCC. The molecule has 1 atom stereocenters. The highest BCUT2D eigenvalue weighted by Gasteiger charge is 2.20. The molecule has 0 N–H and O–H groups in total. The molecule has 0 bridgehead atoms. The van der Waals surface area contributed by atoms with Gasteiger partial charge in [0, 0.05) is 0 Å². The van der Waals surface area contributed by atoms with E-state index in [1.165, 1.54) is 24.9 Å². The topological polar surface area (TPSA) is 0 Å². The molecule has 0 aliphatic heterocycles. The molecule has 0 fully saturated rings. The minimum atomic E-state index is -1.19. The van der Waals surface area contributed by atoms with Gasteiger partial charge in [0.05, 0.1) is 0 Å². The molecule has 0 saturated carbocycles. The van der Waals surface area contributed by atoms with Gasteiger partial charge in [0.15, 0.2) is 0 Å². The number of unbranched alkanes of at least 4 members (excludes halogenated alkanes) is 1. The molecule has 0 aromatic carbocycles. The molecule has 0 amide bonds. The van der Waals surface area contributed by atoms with Crippen LogP contribution < -0.4 is 0 Å². The Hall–Kier alpha value is -0.223. The minimum Gasteiger partial charge on any atom is -0.135 e. The van der Waals surface area contributed by atoms with Gasteiger partial charge in [0.1, 0.15) is 8.07 Å². The van der Waals surface area contributed by atoms with Crippen LogP contribution in [0.2, 0.25) is 18.6 Å². The first kappa shape index (κ1) is 9.78. The molecular formula is C9H18Si. The lowest BCUT2D eigenvalue weighted by atomic mass is 10.4. The third-order valence-corrected chi connectivity index (χ3v) is 5.93. The maximum atomic E-state index is 5.47. The van der Waals surface area contributed by atoms with Gasteiger partial charge in [-0.1, -0.05) is 33.2 Å². The van der Waals surface area contributed by atoms with Gasteiger partial charge < -0.3 is 0 Å². The standard InChI is InChI=1S/C9H18Si/c1-5-8-9-10(4,6-2)7-3/h2H,5,7-9H2,1,3-4H3. The van der Waals surface area contributed by atoms with Gasteiger partial charge in [-0.3, -0.25) is 0 Å². The van der Waals surface area contributed by atoms with Gasteiger partial charge in [-0.15, -0.1) is 12.0 Å². The zero-order valence-corrected chi connectivity index (χ0v) is 8.41. The summed E-state index contributed by atoms with van der Waals surface area (Å²) in [6.45, 7) is 6.76. The van der Waals surface area contributed by atoms with Crippen LogP contribution in [0.15, 0.2) is 0 Å². The van der Waals surface area contributed by atoms with Gasteiger partial charge in [-0.2, -0.15) is 0 Å². The van der Waals surface area contributed by atoms with E-state index < -0.39 is 8.07 Å². The van der Waals surface area contributed by atoms with Crippen molar-refractivity contribution in [2.75, 3.05) is 0 Å². The Kier molecular flexibility index (Phi) is 4.47. The molecule has 0 heterocycles. The third-order valence-electron chi connectivity index (χ3n) is 2.21. The molecule has 0 aromatic rings. The van der Waals surface area contributed by atoms with Crippen molar-refractivity contribution in [1.29, 1.82) is 0 Å². The largest absolute Gasteiger partial charge is 0.135 e. The van der Waals surface area contributed by atoms with Crippen LogP contribution in [0.5, 0.6) is 0 Å². The molecule has 0 spiro atoms. The first-order valence-corrected chi connectivity index (χ1v) is 7.07. The van der Waals surface area contributed by atoms with Crippen LogP contribution in [0.1, 0.15) is 26.7 Å². The van der Waals surface area contributed by atoms with Crippen LogP contribution in [0.3, 0.4) is 0 Å². The second kappa shape index (κ2) is 4.57. The quantitative estimate of drug-likeness (QED) is 0.431. The van der Waals surface area contributed by atoms with Crippen molar-refractivity contribution in [3.63, 3.8) is 0 Å². The Morgan fingerprint density at radius 3 is 2.30 bits per heavy atom. The molecule has 58 valence electrons. The average Bonchev–Trinajstić information content (AvgIpc) is 2.00. The first-order valence-electron chi connectivity index (χ1n) is 4.16. The summed E-state index contributed by atoms with van der Waals surface area (Å²) in [5, 5.41) is 0. The highest BCUT2D eigenvalue weighted by atomic mass is 28.3. The van der Waals surface area contributed by atoms with E-state index in [2.05, 4.69) is 25.9 Å². The zero-order chi connectivity index (χ0) is 8.04. The zero-order valence-electron chi connectivity index (χ0n) is 7.41. The molecule has 1 unspecified atom stereocenters. The van der Waals surface area contributed by atoms with Gasteiger partial charge in [-0.25, -0.2) is 0 Å². The number of terminal acetylenes is 1. The van der Waals surface area contributed by atoms with Crippen LogP contribution in [0, 0.1) is 12.0 Å². The number of hydrogen-bond donors (Lipinski definition) is 0. The lowest BCUT2D eigenvalue weighted by Gasteiger charge is -2.17. The molecule has 1 heteroatoms. The molecule has 0 radical (unpaired) electrons. The maximum absolute atomic E-state index is 5.47. The van der Waals surface area contributed by atoms with E-state index in [1.54, 1.807) is 0 Å². The molecule has 0 nitrogen and oxygen atoms in total. The smallest absolute Gasteiger partial charge is 0.134 e. The summed E-state index contributed by atoms with van der Waals surface area (Å²) < 4.78 is 0. The van der Waals surface area contributed by atoms with Crippen molar-refractivity contribution < 1.29 is 0 Å². The summed E-state index contributed by atoms with van der Waals surface area (Å²) in [6.07, 6.45) is 8.07. The Bertz CT molecular complexity index is 123. The van der Waals surface area contributed by atoms with Crippen molar-refractivity contribution in [2.45, 2.75) is 45.3 Å². The Morgan fingerprint density at radius 2 is 2.00 bits per heavy atom. The van der Waals surface area contributed by atoms with Crippen LogP contribution >= 0.6 is 0 Å². The van der Waals surface area contributed by atoms with Gasteiger partial charge in [-0.05, 0) is 12.1 Å². The second-order valence-electron chi connectivity index (χ2n) is 3.16. The predicted molar refractivity (Wildman–Crippen MR) is 50.6 cm³/mol. The second-order valence-corrected chi connectivity index (χ2v) is 7.78. The van der Waals surface area contributed by atoms with Gasteiger partial charge in [0.2, 0.25) is 0 Å². The van der Waals surface area contributed by atoms with E-state index >= 15 is 0 Å². The van der Waals surface area contributed by atoms with Crippen molar-refractivity contribution in [2.24, 2.45) is 0 Å². The minimum absolute atomic E-state index is 1.19. The van der Waals surface area contributed by atoms with E-state index in [1.807, 2.05) is 0 Å². The van der Waals surface area contributed by atoms with Crippen molar-refractivity contribution in [3.05, 3.63) is 0 Å². The fourth-order valence-electron chi connectivity index (χ4n) is 0.918. The van der Waals surface area contributed by atoms with Crippen LogP contribution in [-0.2, 0) is 0 Å². The lowest BCUT2D eigenvalue weighted by molar-refractivity contribution is 0.867. The average molecular weight is 154 g/mol. The number of hydrogen-bond acceptors (Lipinski definition) is 0. The van der Waals surface area contributed by atoms with Gasteiger partial charge in [0.25, 0.3) is 0 Å². The summed E-state index contributed by atoms with van der Waals surface area (Å²) in [5.74, 6) is 0. The number of rotatable bonds is 4. The van der Waals surface area contributed by atoms with Crippen molar-refractivity contribution in [3.8, 4) is 12.0 Å². The monoisotopic (exact) mass is 154 g/mol. The molecule has 0 rings (SSSR count). The lowest BCUT2D eigenvalue weighted by Crippen LogP contribution is -2.26. The van der Waals surface area contributed by atoms with Crippen molar-refractivity contribution >= 4 is 8.07 Å². The Balaban J connectivity index is 3.72. The molecule has 10 heavy (non-hydrogen) atoms. The van der Waals surface area contributed by atoms with E-state index in [-0.39, 0.29) is 0 Å². The molecule has 0 aliphatic carbocycles. The molecule has 0 saturated heterocycles. The summed E-state index contributed by atoms with van der Waals surface area (Å²) in [7, 11) is -1.19. The fourth-order valence-corrected chi connectivity index (χ4v) is 2.75. The highest BCUT2D eigenvalue weighted by molar-refractivity contribution is 6.86. The summed E-state index contributed by atoms with van der Waals surface area (Å²) >= 11 is 0. The Labute approximate surface area is 66.0 Å². The van der Waals surface area contributed by atoms with E-state index in [9.17, 15) is 0 Å². The summed E-state index contributed by atoms with van der Waals surface area (Å²) in [5.41, 5.74) is 3.00. The summed E-state index contributed by atoms with van der Waals surface area (Å²) in [4.78, 5) is 0. The normalized spacial score (nSPS) is 15.8. The van der Waals surface area contributed by atoms with Crippen molar-refractivity contribution in [1.82, 2.24) is 0 Å². The fraction of sp³-hybridized carbons (Fsp3) is 0.778. The predicted octanol–water partition coefficient (Wildman–Crippen LogP) is 3.06. The first-order chi connectivity index (χ1) is 4.68. The third kappa shape index (κ3) is 3.08. The van der Waals surface area contributed by atoms with E-state index in [4.69, 9.17) is 6.42 Å². The Morgan fingerprint density at radius 1 is 1.40 bits per heavy atom. The maximum Gasteiger partial charge on any atom is 0.134 e. The van der Waals surface area contributed by atoms with Crippen LogP contribution in [-0.4, -0.2) is 8.07 Å². The summed E-state index contributed by atoms with van der Waals surface area (Å²) in [6, 6.07) is 2.56. The molecule has 0 aromatic heterocycles. The highest BCUT2D eigenvalue weighted by Crippen LogP contribution is 2.16. The van der Waals surface area contributed by atoms with E-state index in [0.29, 0.717) is 0 Å². The van der Waals surface area contributed by atoms with E-state index in [0.717, 1.165) is 0 Å².